The van der Waals surface area contributed by atoms with Gasteiger partial charge in [-0.3, -0.25) is 4.98 Å². The highest BCUT2D eigenvalue weighted by Gasteiger charge is 2.08. The van der Waals surface area contributed by atoms with Crippen LogP contribution in [0.3, 0.4) is 0 Å². The predicted octanol–water partition coefficient (Wildman–Crippen LogP) is 4.51. The van der Waals surface area contributed by atoms with Crippen LogP contribution in [0, 0.1) is 18.3 Å². The lowest BCUT2D eigenvalue weighted by Gasteiger charge is -2.10. The summed E-state index contributed by atoms with van der Waals surface area (Å²) in [5.41, 5.74) is 4.54. The Morgan fingerprint density at radius 3 is 2.61 bits per heavy atom. The van der Waals surface area contributed by atoms with Crippen LogP contribution < -0.4 is 4.74 Å². The Kier molecular flexibility index (Phi) is 4.35. The molecule has 0 amide bonds. The maximum absolute atomic E-state index is 9.41. The molecule has 0 saturated carbocycles. The summed E-state index contributed by atoms with van der Waals surface area (Å²) in [5, 5.41) is 9.41. The summed E-state index contributed by atoms with van der Waals surface area (Å²) in [6, 6.07) is 21.7. The van der Waals surface area contributed by atoms with Crippen molar-refractivity contribution in [3.05, 3.63) is 83.7 Å². The van der Waals surface area contributed by atoms with E-state index in [4.69, 9.17) is 4.74 Å². The first-order chi connectivity index (χ1) is 11.3. The Morgan fingerprint density at radius 1 is 1.04 bits per heavy atom. The van der Waals surface area contributed by atoms with Gasteiger partial charge in [-0.05, 0) is 36.2 Å². The minimum Gasteiger partial charge on any atom is -0.488 e. The average Bonchev–Trinajstić information content (AvgIpc) is 2.61. The third kappa shape index (κ3) is 3.38. The van der Waals surface area contributed by atoms with Crippen molar-refractivity contribution in [3.63, 3.8) is 0 Å². The summed E-state index contributed by atoms with van der Waals surface area (Å²) in [4.78, 5) is 4.30. The standard InChI is InChI=1S/C20H16N2O/c1-15-19(8-5-11-22-15)17-9-10-20(18(12-17)13-21)23-14-16-6-3-2-4-7-16/h2-12H,14H2,1H3. The molecule has 0 unspecified atom stereocenters. The highest BCUT2D eigenvalue weighted by Crippen LogP contribution is 2.28. The largest absolute Gasteiger partial charge is 0.488 e. The van der Waals surface area contributed by atoms with Crippen molar-refractivity contribution in [2.75, 3.05) is 0 Å². The molecule has 0 aliphatic carbocycles. The van der Waals surface area contributed by atoms with Gasteiger partial charge in [-0.1, -0.05) is 42.5 Å². The second-order valence-electron chi connectivity index (χ2n) is 5.23. The van der Waals surface area contributed by atoms with Crippen molar-refractivity contribution in [1.82, 2.24) is 4.98 Å². The lowest BCUT2D eigenvalue weighted by molar-refractivity contribution is 0.305. The van der Waals surface area contributed by atoms with E-state index < -0.39 is 0 Å². The van der Waals surface area contributed by atoms with Gasteiger partial charge in [-0.25, -0.2) is 0 Å². The second-order valence-corrected chi connectivity index (χ2v) is 5.23. The molecule has 0 fully saturated rings. The predicted molar refractivity (Wildman–Crippen MR) is 89.9 cm³/mol. The fourth-order valence-corrected chi connectivity index (χ4v) is 2.44. The smallest absolute Gasteiger partial charge is 0.137 e. The molecule has 1 aromatic heterocycles. The fraction of sp³-hybridized carbons (Fsp3) is 0.100. The van der Waals surface area contributed by atoms with Gasteiger partial charge in [-0.15, -0.1) is 0 Å². The SMILES string of the molecule is Cc1ncccc1-c1ccc(OCc2ccccc2)c(C#N)c1. The summed E-state index contributed by atoms with van der Waals surface area (Å²) in [6.45, 7) is 2.40. The van der Waals surface area contributed by atoms with E-state index in [1.54, 1.807) is 6.20 Å². The third-order valence-corrected chi connectivity index (χ3v) is 3.66. The molecular weight excluding hydrogens is 284 g/mol. The molecule has 0 bridgehead atoms. The van der Waals surface area contributed by atoms with Gasteiger partial charge < -0.3 is 4.74 Å². The van der Waals surface area contributed by atoms with Crippen LogP contribution in [-0.2, 0) is 6.61 Å². The molecule has 0 saturated heterocycles. The Bertz CT molecular complexity index is 851. The maximum atomic E-state index is 9.41. The molecule has 0 aliphatic rings. The van der Waals surface area contributed by atoms with Crippen LogP contribution in [0.25, 0.3) is 11.1 Å². The molecule has 0 atom stereocenters. The van der Waals surface area contributed by atoms with Crippen LogP contribution >= 0.6 is 0 Å². The number of pyridine rings is 1. The van der Waals surface area contributed by atoms with Crippen LogP contribution in [-0.4, -0.2) is 4.98 Å². The van der Waals surface area contributed by atoms with Gasteiger partial charge in [0.15, 0.2) is 0 Å². The monoisotopic (exact) mass is 300 g/mol. The highest BCUT2D eigenvalue weighted by atomic mass is 16.5. The van der Waals surface area contributed by atoms with Crippen LogP contribution in [0.5, 0.6) is 5.75 Å². The molecule has 23 heavy (non-hydrogen) atoms. The molecule has 3 rings (SSSR count). The van der Waals surface area contributed by atoms with Gasteiger partial charge in [0, 0.05) is 17.5 Å². The minimum atomic E-state index is 0.445. The maximum Gasteiger partial charge on any atom is 0.137 e. The molecule has 2 aromatic carbocycles. The zero-order valence-electron chi connectivity index (χ0n) is 12.9. The van der Waals surface area contributed by atoms with Gasteiger partial charge in [0.2, 0.25) is 0 Å². The normalized spacial score (nSPS) is 10.1. The first kappa shape index (κ1) is 14.8. The van der Waals surface area contributed by atoms with Gasteiger partial charge in [-0.2, -0.15) is 5.26 Å². The molecule has 3 aromatic rings. The van der Waals surface area contributed by atoms with E-state index in [9.17, 15) is 5.26 Å². The number of hydrogen-bond acceptors (Lipinski definition) is 3. The molecule has 0 spiro atoms. The zero-order valence-corrected chi connectivity index (χ0v) is 12.9. The lowest BCUT2D eigenvalue weighted by Crippen LogP contribution is -1.97. The Labute approximate surface area is 135 Å². The summed E-state index contributed by atoms with van der Waals surface area (Å²) in [7, 11) is 0. The fourth-order valence-electron chi connectivity index (χ4n) is 2.44. The molecule has 3 heteroatoms. The van der Waals surface area contributed by atoms with Crippen molar-refractivity contribution in [2.45, 2.75) is 13.5 Å². The van der Waals surface area contributed by atoms with E-state index in [-0.39, 0.29) is 0 Å². The molecule has 1 heterocycles. The zero-order chi connectivity index (χ0) is 16.1. The van der Waals surface area contributed by atoms with E-state index in [0.29, 0.717) is 17.9 Å². The van der Waals surface area contributed by atoms with Crippen LogP contribution in [0.1, 0.15) is 16.8 Å². The Hall–Kier alpha value is -3.12. The number of nitriles is 1. The Balaban J connectivity index is 1.86. The quantitative estimate of drug-likeness (QED) is 0.712. The van der Waals surface area contributed by atoms with Crippen LogP contribution in [0.2, 0.25) is 0 Å². The topological polar surface area (TPSA) is 45.9 Å². The number of aryl methyl sites for hydroxylation is 1. The van der Waals surface area contributed by atoms with Gasteiger partial charge in [0.1, 0.15) is 18.4 Å². The van der Waals surface area contributed by atoms with E-state index in [1.165, 1.54) is 0 Å². The number of rotatable bonds is 4. The van der Waals surface area contributed by atoms with Crippen molar-refractivity contribution in [3.8, 4) is 22.9 Å². The number of hydrogen-bond donors (Lipinski definition) is 0. The van der Waals surface area contributed by atoms with Crippen LogP contribution in [0.4, 0.5) is 0 Å². The number of benzene rings is 2. The van der Waals surface area contributed by atoms with Crippen molar-refractivity contribution < 1.29 is 4.74 Å². The minimum absolute atomic E-state index is 0.445. The first-order valence-electron chi connectivity index (χ1n) is 7.41. The van der Waals surface area contributed by atoms with Crippen molar-refractivity contribution in [1.29, 1.82) is 5.26 Å². The molecule has 0 aliphatic heterocycles. The Morgan fingerprint density at radius 2 is 1.87 bits per heavy atom. The van der Waals surface area contributed by atoms with Crippen LogP contribution in [0.15, 0.2) is 66.9 Å². The summed E-state index contributed by atoms with van der Waals surface area (Å²) >= 11 is 0. The molecule has 0 radical (unpaired) electrons. The second kappa shape index (κ2) is 6.76. The summed E-state index contributed by atoms with van der Waals surface area (Å²) in [5.74, 6) is 0.599. The highest BCUT2D eigenvalue weighted by molar-refractivity contribution is 5.68. The number of ether oxygens (including phenoxy) is 1. The molecule has 3 nitrogen and oxygen atoms in total. The van der Waals surface area contributed by atoms with Crippen molar-refractivity contribution >= 4 is 0 Å². The lowest BCUT2D eigenvalue weighted by atomic mass is 10.0. The number of aromatic nitrogens is 1. The van der Waals surface area contributed by atoms with E-state index >= 15 is 0 Å². The molecular formula is C20H16N2O. The van der Waals surface area contributed by atoms with E-state index in [2.05, 4.69) is 11.1 Å². The average molecular weight is 300 g/mol. The van der Waals surface area contributed by atoms with Gasteiger partial charge in [0.25, 0.3) is 0 Å². The summed E-state index contributed by atoms with van der Waals surface area (Å²) < 4.78 is 5.80. The molecule has 112 valence electrons. The van der Waals surface area contributed by atoms with E-state index in [1.807, 2.05) is 67.6 Å². The van der Waals surface area contributed by atoms with Gasteiger partial charge >= 0.3 is 0 Å². The first-order valence-corrected chi connectivity index (χ1v) is 7.41. The van der Waals surface area contributed by atoms with Gasteiger partial charge in [0.05, 0.1) is 5.56 Å². The molecule has 0 N–H and O–H groups in total. The van der Waals surface area contributed by atoms with Crippen molar-refractivity contribution in [2.24, 2.45) is 0 Å². The summed E-state index contributed by atoms with van der Waals surface area (Å²) in [6.07, 6.45) is 1.77. The van der Waals surface area contributed by atoms with E-state index in [0.717, 1.165) is 22.4 Å². The number of nitrogens with zero attached hydrogens (tertiary/aromatic N) is 2. The third-order valence-electron chi connectivity index (χ3n) is 3.66.